The minimum absolute atomic E-state index is 0.248. The van der Waals surface area contributed by atoms with E-state index >= 15 is 0 Å². The van der Waals surface area contributed by atoms with Crippen molar-refractivity contribution in [2.75, 3.05) is 24.3 Å². The van der Waals surface area contributed by atoms with Gasteiger partial charge in [-0.15, -0.1) is 0 Å². The molecule has 7 nitrogen and oxygen atoms in total. The Bertz CT molecular complexity index is 1230. The van der Waals surface area contributed by atoms with Gasteiger partial charge in [-0.1, -0.05) is 41.6 Å². The molecule has 3 aromatic carbocycles. The molecule has 4 aromatic rings. The van der Waals surface area contributed by atoms with Crippen LogP contribution in [0.15, 0.2) is 82.1 Å². The SMILES string of the molecule is CN(C)c1ccc(C(=O)Nc2cc(-c3ccccc3)ccc2-c2noc(=O)[nH]2)cc1. The molecule has 1 heterocycles. The summed E-state index contributed by atoms with van der Waals surface area (Å²) in [6, 6.07) is 22.6. The molecule has 7 heteroatoms. The third-order valence-corrected chi connectivity index (χ3v) is 4.72. The number of carbonyl (C=O) groups is 1. The quantitative estimate of drug-likeness (QED) is 0.528. The lowest BCUT2D eigenvalue weighted by Crippen LogP contribution is -2.14. The van der Waals surface area contributed by atoms with Crippen LogP contribution in [0.3, 0.4) is 0 Å². The second kappa shape index (κ2) is 8.08. The molecule has 0 saturated heterocycles. The zero-order chi connectivity index (χ0) is 21.1. The molecule has 0 unspecified atom stereocenters. The normalized spacial score (nSPS) is 10.6. The highest BCUT2D eigenvalue weighted by Crippen LogP contribution is 2.31. The molecule has 0 saturated carbocycles. The van der Waals surface area contributed by atoms with Crippen LogP contribution in [0.25, 0.3) is 22.5 Å². The van der Waals surface area contributed by atoms with Gasteiger partial charge in [0.15, 0.2) is 5.82 Å². The largest absolute Gasteiger partial charge is 0.439 e. The number of hydrogen-bond acceptors (Lipinski definition) is 5. The van der Waals surface area contributed by atoms with Crippen molar-refractivity contribution in [1.29, 1.82) is 0 Å². The Kier molecular flexibility index (Phi) is 5.17. The summed E-state index contributed by atoms with van der Waals surface area (Å²) in [5.74, 6) is -0.677. The van der Waals surface area contributed by atoms with E-state index in [0.29, 0.717) is 16.8 Å². The lowest BCUT2D eigenvalue weighted by atomic mass is 10.0. The molecule has 0 aliphatic rings. The van der Waals surface area contributed by atoms with E-state index in [-0.39, 0.29) is 11.7 Å². The molecular weight excluding hydrogens is 380 g/mol. The highest BCUT2D eigenvalue weighted by Gasteiger charge is 2.15. The second-order valence-electron chi connectivity index (χ2n) is 6.97. The monoisotopic (exact) mass is 400 g/mol. The molecule has 0 fully saturated rings. The Labute approximate surface area is 173 Å². The standard InChI is InChI=1S/C23H20N4O3/c1-27(2)18-11-8-16(9-12-18)22(28)24-20-14-17(15-6-4-3-5-7-15)10-13-19(20)21-25-23(29)30-26-21/h3-14H,1-2H3,(H,24,28)(H,25,26,29). The molecule has 0 spiro atoms. The molecular formula is C23H20N4O3. The van der Waals surface area contributed by atoms with E-state index in [0.717, 1.165) is 16.8 Å². The van der Waals surface area contributed by atoms with Crippen LogP contribution in [0.1, 0.15) is 10.4 Å². The highest BCUT2D eigenvalue weighted by atomic mass is 16.5. The second-order valence-corrected chi connectivity index (χ2v) is 6.97. The summed E-state index contributed by atoms with van der Waals surface area (Å²) < 4.78 is 4.64. The maximum Gasteiger partial charge on any atom is 0.439 e. The van der Waals surface area contributed by atoms with Crippen LogP contribution in [0.4, 0.5) is 11.4 Å². The summed E-state index contributed by atoms with van der Waals surface area (Å²) >= 11 is 0. The van der Waals surface area contributed by atoms with Gasteiger partial charge < -0.3 is 10.2 Å². The molecule has 4 rings (SSSR count). The predicted octanol–water partition coefficient (Wildman–Crippen LogP) is 4.02. The molecule has 0 aliphatic heterocycles. The summed E-state index contributed by atoms with van der Waals surface area (Å²) in [5, 5.41) is 6.70. The first-order chi connectivity index (χ1) is 14.5. The molecule has 0 aliphatic carbocycles. The van der Waals surface area contributed by atoms with E-state index in [1.165, 1.54) is 0 Å². The van der Waals surface area contributed by atoms with Crippen LogP contribution in [-0.2, 0) is 0 Å². The van der Waals surface area contributed by atoms with Gasteiger partial charge in [-0.3, -0.25) is 14.3 Å². The Morgan fingerprint density at radius 2 is 1.70 bits per heavy atom. The van der Waals surface area contributed by atoms with Crippen LogP contribution >= 0.6 is 0 Å². The minimum atomic E-state index is -0.659. The van der Waals surface area contributed by atoms with Gasteiger partial charge in [0.1, 0.15) is 0 Å². The van der Waals surface area contributed by atoms with E-state index in [9.17, 15) is 9.59 Å². The molecule has 0 atom stereocenters. The van der Waals surface area contributed by atoms with Crippen molar-refractivity contribution in [3.8, 4) is 22.5 Å². The summed E-state index contributed by atoms with van der Waals surface area (Å²) in [4.78, 5) is 28.8. The van der Waals surface area contributed by atoms with Gasteiger partial charge in [-0.05, 0) is 47.5 Å². The first kappa shape index (κ1) is 19.2. The first-order valence-corrected chi connectivity index (χ1v) is 9.36. The van der Waals surface area contributed by atoms with Crippen molar-refractivity contribution in [3.05, 3.63) is 88.9 Å². The summed E-state index contributed by atoms with van der Waals surface area (Å²) in [5.41, 5.74) is 4.51. The number of nitrogens with zero attached hydrogens (tertiary/aromatic N) is 2. The van der Waals surface area contributed by atoms with Crippen LogP contribution in [-0.4, -0.2) is 30.1 Å². The zero-order valence-electron chi connectivity index (χ0n) is 16.5. The Balaban J connectivity index is 1.71. The number of carbonyl (C=O) groups excluding carboxylic acids is 1. The maximum absolute atomic E-state index is 12.9. The predicted molar refractivity (Wildman–Crippen MR) is 117 cm³/mol. The number of benzene rings is 3. The third-order valence-electron chi connectivity index (χ3n) is 4.72. The number of nitrogens with one attached hydrogen (secondary N) is 2. The number of hydrogen-bond donors (Lipinski definition) is 2. The van der Waals surface area contributed by atoms with Crippen molar-refractivity contribution in [2.24, 2.45) is 0 Å². The van der Waals surface area contributed by atoms with Crippen molar-refractivity contribution in [1.82, 2.24) is 10.1 Å². The number of H-pyrrole nitrogens is 1. The Hall–Kier alpha value is -4.13. The number of aromatic amines is 1. The lowest BCUT2D eigenvalue weighted by molar-refractivity contribution is 0.102. The molecule has 0 bridgehead atoms. The van der Waals surface area contributed by atoms with Gasteiger partial charge in [0.25, 0.3) is 5.91 Å². The fraction of sp³-hybridized carbons (Fsp3) is 0.0870. The van der Waals surface area contributed by atoms with Crippen molar-refractivity contribution in [3.63, 3.8) is 0 Å². The van der Waals surface area contributed by atoms with Crippen LogP contribution < -0.4 is 16.0 Å². The average molecular weight is 400 g/mol. The van der Waals surface area contributed by atoms with Gasteiger partial charge in [0.05, 0.1) is 5.69 Å². The van der Waals surface area contributed by atoms with Crippen molar-refractivity contribution in [2.45, 2.75) is 0 Å². The summed E-state index contributed by atoms with van der Waals surface area (Å²) in [7, 11) is 3.88. The molecule has 2 N–H and O–H groups in total. The van der Waals surface area contributed by atoms with E-state index in [1.807, 2.05) is 73.6 Å². The molecule has 0 radical (unpaired) electrons. The van der Waals surface area contributed by atoms with Crippen LogP contribution in [0.2, 0.25) is 0 Å². The molecule has 1 aromatic heterocycles. The Morgan fingerprint density at radius 1 is 0.967 bits per heavy atom. The number of amides is 1. The number of anilines is 2. The maximum atomic E-state index is 12.9. The number of rotatable bonds is 5. The van der Waals surface area contributed by atoms with Gasteiger partial charge in [-0.2, -0.15) is 0 Å². The van der Waals surface area contributed by atoms with E-state index in [2.05, 4.69) is 20.0 Å². The topological polar surface area (TPSA) is 91.2 Å². The highest BCUT2D eigenvalue weighted by molar-refractivity contribution is 6.06. The van der Waals surface area contributed by atoms with Crippen LogP contribution in [0, 0.1) is 0 Å². The van der Waals surface area contributed by atoms with Gasteiger partial charge >= 0.3 is 5.76 Å². The van der Waals surface area contributed by atoms with Gasteiger partial charge in [0, 0.05) is 30.9 Å². The van der Waals surface area contributed by atoms with E-state index in [1.54, 1.807) is 18.2 Å². The third kappa shape index (κ3) is 4.00. The summed E-state index contributed by atoms with van der Waals surface area (Å²) in [6.07, 6.45) is 0. The lowest BCUT2D eigenvalue weighted by Gasteiger charge is -2.14. The number of aromatic nitrogens is 2. The first-order valence-electron chi connectivity index (χ1n) is 9.36. The molecule has 1 amide bonds. The van der Waals surface area contributed by atoms with Gasteiger partial charge in [0.2, 0.25) is 0 Å². The fourth-order valence-corrected chi connectivity index (χ4v) is 3.12. The average Bonchev–Trinajstić information content (AvgIpc) is 3.20. The van der Waals surface area contributed by atoms with Gasteiger partial charge in [-0.25, -0.2) is 4.79 Å². The summed E-state index contributed by atoms with van der Waals surface area (Å²) in [6.45, 7) is 0. The zero-order valence-corrected chi connectivity index (χ0v) is 16.5. The van der Waals surface area contributed by atoms with Crippen molar-refractivity contribution < 1.29 is 9.32 Å². The molecule has 30 heavy (non-hydrogen) atoms. The van der Waals surface area contributed by atoms with E-state index in [4.69, 9.17) is 0 Å². The molecule has 150 valence electrons. The minimum Gasteiger partial charge on any atom is -0.378 e. The fourth-order valence-electron chi connectivity index (χ4n) is 3.12. The van der Waals surface area contributed by atoms with Crippen molar-refractivity contribution >= 4 is 17.3 Å². The van der Waals surface area contributed by atoms with Crippen LogP contribution in [0.5, 0.6) is 0 Å². The van der Waals surface area contributed by atoms with E-state index < -0.39 is 5.76 Å². The smallest absolute Gasteiger partial charge is 0.378 e. The Morgan fingerprint density at radius 3 is 2.33 bits per heavy atom.